The van der Waals surface area contributed by atoms with Gasteiger partial charge in [-0.05, 0) is 41.5 Å². The standard InChI is InChI=1S/C25H29NO4/c1-6-7-14-30-25(29)20-13-9-12-19-21(20)24(28)26(23(19)27)22-17(15(2)3)10-8-11-18(22)16(4)5/h8-13,15-16H,6-7,14H2,1-5H3. The Kier molecular flexibility index (Phi) is 6.40. The van der Waals surface area contributed by atoms with Gasteiger partial charge in [0.05, 0.1) is 29.0 Å². The van der Waals surface area contributed by atoms with Crippen LogP contribution in [-0.4, -0.2) is 24.4 Å². The smallest absolute Gasteiger partial charge is 0.338 e. The molecule has 0 aromatic heterocycles. The molecule has 0 fully saturated rings. The van der Waals surface area contributed by atoms with Crippen LogP contribution in [0.3, 0.4) is 0 Å². The number of amides is 2. The second-order valence-corrected chi connectivity index (χ2v) is 8.26. The number of carbonyl (C=O) groups is 3. The predicted octanol–water partition coefficient (Wildman–Crippen LogP) is 5.69. The first-order chi connectivity index (χ1) is 14.3. The number of carbonyl (C=O) groups excluding carboxylic acids is 3. The predicted molar refractivity (Wildman–Crippen MR) is 117 cm³/mol. The van der Waals surface area contributed by atoms with Gasteiger partial charge in [0.1, 0.15) is 0 Å². The van der Waals surface area contributed by atoms with Crippen molar-refractivity contribution in [3.8, 4) is 0 Å². The fraction of sp³-hybridized carbons (Fsp3) is 0.400. The van der Waals surface area contributed by atoms with Crippen LogP contribution < -0.4 is 4.90 Å². The number of benzene rings is 2. The van der Waals surface area contributed by atoms with Crippen LogP contribution in [0, 0.1) is 0 Å². The molecule has 158 valence electrons. The number of hydrogen-bond donors (Lipinski definition) is 0. The number of nitrogens with zero attached hydrogens (tertiary/aromatic N) is 1. The summed E-state index contributed by atoms with van der Waals surface area (Å²) in [6.07, 6.45) is 1.65. The molecule has 1 aliphatic heterocycles. The molecule has 5 nitrogen and oxygen atoms in total. The van der Waals surface area contributed by atoms with Crippen molar-refractivity contribution in [1.82, 2.24) is 0 Å². The highest BCUT2D eigenvalue weighted by Crippen LogP contribution is 2.40. The molecular formula is C25H29NO4. The van der Waals surface area contributed by atoms with Gasteiger partial charge >= 0.3 is 5.97 Å². The van der Waals surface area contributed by atoms with Crippen molar-refractivity contribution >= 4 is 23.5 Å². The van der Waals surface area contributed by atoms with E-state index in [1.807, 2.05) is 52.8 Å². The molecule has 0 saturated heterocycles. The lowest BCUT2D eigenvalue weighted by Gasteiger charge is -2.25. The maximum atomic E-state index is 13.5. The molecule has 0 atom stereocenters. The van der Waals surface area contributed by atoms with E-state index in [1.165, 1.54) is 4.90 Å². The van der Waals surface area contributed by atoms with Crippen molar-refractivity contribution in [3.05, 3.63) is 64.2 Å². The van der Waals surface area contributed by atoms with E-state index in [2.05, 4.69) is 0 Å². The van der Waals surface area contributed by atoms with Crippen molar-refractivity contribution in [1.29, 1.82) is 0 Å². The Morgan fingerprint density at radius 2 is 1.53 bits per heavy atom. The molecule has 0 radical (unpaired) electrons. The van der Waals surface area contributed by atoms with Gasteiger partial charge in [-0.2, -0.15) is 0 Å². The average molecular weight is 408 g/mol. The molecule has 0 spiro atoms. The minimum atomic E-state index is -0.565. The first-order valence-corrected chi connectivity index (χ1v) is 10.6. The van der Waals surface area contributed by atoms with Gasteiger partial charge in [-0.15, -0.1) is 0 Å². The molecule has 1 aliphatic rings. The van der Waals surface area contributed by atoms with Crippen LogP contribution in [0.2, 0.25) is 0 Å². The summed E-state index contributed by atoms with van der Waals surface area (Å²) in [5.74, 6) is -1.17. The molecule has 0 unspecified atom stereocenters. The SMILES string of the molecule is CCCCOC(=O)c1cccc2c1C(=O)N(c1c(C(C)C)cccc1C(C)C)C2=O. The highest BCUT2D eigenvalue weighted by Gasteiger charge is 2.42. The van der Waals surface area contributed by atoms with Crippen LogP contribution in [0.5, 0.6) is 0 Å². The number of rotatable bonds is 7. The largest absolute Gasteiger partial charge is 0.462 e. The molecule has 30 heavy (non-hydrogen) atoms. The first kappa shape index (κ1) is 21.8. The zero-order valence-corrected chi connectivity index (χ0v) is 18.3. The van der Waals surface area contributed by atoms with Crippen molar-refractivity contribution in [2.45, 2.75) is 59.3 Å². The van der Waals surface area contributed by atoms with E-state index in [4.69, 9.17) is 4.74 Å². The van der Waals surface area contributed by atoms with Crippen LogP contribution in [0.25, 0.3) is 0 Å². The average Bonchev–Trinajstić information content (AvgIpc) is 2.97. The van der Waals surface area contributed by atoms with E-state index >= 15 is 0 Å². The maximum Gasteiger partial charge on any atom is 0.338 e. The molecule has 1 heterocycles. The monoisotopic (exact) mass is 407 g/mol. The molecule has 0 bridgehead atoms. The highest BCUT2D eigenvalue weighted by molar-refractivity contribution is 6.36. The van der Waals surface area contributed by atoms with Gasteiger partial charge < -0.3 is 4.74 Å². The second kappa shape index (κ2) is 8.82. The third-order valence-electron chi connectivity index (χ3n) is 5.43. The third kappa shape index (κ3) is 3.76. The van der Waals surface area contributed by atoms with Gasteiger partial charge in [-0.25, -0.2) is 9.69 Å². The quantitative estimate of drug-likeness (QED) is 0.336. The van der Waals surface area contributed by atoms with E-state index in [1.54, 1.807) is 18.2 Å². The summed E-state index contributed by atoms with van der Waals surface area (Å²) >= 11 is 0. The van der Waals surface area contributed by atoms with Crippen molar-refractivity contribution in [2.24, 2.45) is 0 Å². The zero-order valence-electron chi connectivity index (χ0n) is 18.3. The van der Waals surface area contributed by atoms with Crippen LogP contribution in [0.15, 0.2) is 36.4 Å². The summed E-state index contributed by atoms with van der Waals surface area (Å²) in [5.41, 5.74) is 3.04. The van der Waals surface area contributed by atoms with Crippen LogP contribution in [0.4, 0.5) is 5.69 Å². The van der Waals surface area contributed by atoms with Gasteiger partial charge in [0.2, 0.25) is 0 Å². The second-order valence-electron chi connectivity index (χ2n) is 8.26. The number of imide groups is 1. The number of fused-ring (bicyclic) bond motifs is 1. The van der Waals surface area contributed by atoms with Gasteiger partial charge in [0.15, 0.2) is 0 Å². The molecule has 5 heteroatoms. The van der Waals surface area contributed by atoms with E-state index in [-0.39, 0.29) is 28.5 Å². The van der Waals surface area contributed by atoms with Crippen LogP contribution in [0.1, 0.15) is 101 Å². The van der Waals surface area contributed by atoms with E-state index in [9.17, 15) is 14.4 Å². The van der Waals surface area contributed by atoms with Crippen molar-refractivity contribution in [3.63, 3.8) is 0 Å². The fourth-order valence-corrected chi connectivity index (χ4v) is 3.82. The molecule has 3 rings (SSSR count). The molecular weight excluding hydrogens is 378 g/mol. The molecule has 0 saturated carbocycles. The minimum absolute atomic E-state index is 0.126. The summed E-state index contributed by atoms with van der Waals surface area (Å²) in [5, 5.41) is 0. The number of unbranched alkanes of at least 4 members (excludes halogenated alkanes) is 1. The number of hydrogen-bond acceptors (Lipinski definition) is 4. The molecule has 0 aliphatic carbocycles. The zero-order chi connectivity index (χ0) is 22.0. The summed E-state index contributed by atoms with van der Waals surface area (Å²) in [7, 11) is 0. The summed E-state index contributed by atoms with van der Waals surface area (Å²) in [4.78, 5) is 40.7. The minimum Gasteiger partial charge on any atom is -0.462 e. The topological polar surface area (TPSA) is 63.7 Å². The van der Waals surface area contributed by atoms with E-state index < -0.39 is 17.8 Å². The summed E-state index contributed by atoms with van der Waals surface area (Å²) in [6, 6.07) is 10.7. The first-order valence-electron chi connectivity index (χ1n) is 10.6. The molecule has 2 aromatic carbocycles. The fourth-order valence-electron chi connectivity index (χ4n) is 3.82. The molecule has 2 amide bonds. The Balaban J connectivity index is 2.12. The Morgan fingerprint density at radius 3 is 2.10 bits per heavy atom. The lowest BCUT2D eigenvalue weighted by Crippen LogP contribution is -2.32. The van der Waals surface area contributed by atoms with Crippen molar-refractivity contribution in [2.75, 3.05) is 11.5 Å². The Labute approximate surface area is 178 Å². The maximum absolute atomic E-state index is 13.5. The number of ether oxygens (including phenoxy) is 1. The number of para-hydroxylation sites is 1. The van der Waals surface area contributed by atoms with Crippen molar-refractivity contribution < 1.29 is 19.1 Å². The van der Waals surface area contributed by atoms with E-state index in [0.29, 0.717) is 12.3 Å². The summed E-state index contributed by atoms with van der Waals surface area (Å²) in [6.45, 7) is 10.5. The van der Waals surface area contributed by atoms with Gasteiger partial charge in [-0.3, -0.25) is 9.59 Å². The third-order valence-corrected chi connectivity index (χ3v) is 5.43. The lowest BCUT2D eigenvalue weighted by molar-refractivity contribution is 0.0496. The Morgan fingerprint density at radius 1 is 0.933 bits per heavy atom. The Hall–Kier alpha value is -2.95. The van der Waals surface area contributed by atoms with Crippen LogP contribution >= 0.6 is 0 Å². The summed E-state index contributed by atoms with van der Waals surface area (Å²) < 4.78 is 5.32. The lowest BCUT2D eigenvalue weighted by atomic mass is 9.92. The number of esters is 1. The van der Waals surface area contributed by atoms with Gasteiger partial charge in [0.25, 0.3) is 11.8 Å². The Bertz CT molecular complexity index is 964. The van der Waals surface area contributed by atoms with E-state index in [0.717, 1.165) is 24.0 Å². The van der Waals surface area contributed by atoms with Gasteiger partial charge in [-0.1, -0.05) is 65.3 Å². The highest BCUT2D eigenvalue weighted by atomic mass is 16.5. The number of anilines is 1. The molecule has 0 N–H and O–H groups in total. The van der Waals surface area contributed by atoms with Crippen LogP contribution in [-0.2, 0) is 4.74 Å². The van der Waals surface area contributed by atoms with Gasteiger partial charge in [0, 0.05) is 0 Å². The molecule has 2 aromatic rings. The normalized spacial score (nSPS) is 13.4.